The monoisotopic (exact) mass is 252 g/mol. The summed E-state index contributed by atoms with van der Waals surface area (Å²) in [7, 11) is 0. The lowest BCUT2D eigenvalue weighted by Crippen LogP contribution is -2.34. The van der Waals surface area contributed by atoms with E-state index < -0.39 is 5.82 Å². The van der Waals surface area contributed by atoms with Gasteiger partial charge in [-0.1, -0.05) is 6.92 Å². The highest BCUT2D eigenvalue weighted by Crippen LogP contribution is 2.41. The van der Waals surface area contributed by atoms with Crippen molar-refractivity contribution >= 4 is 11.8 Å². The van der Waals surface area contributed by atoms with E-state index in [9.17, 15) is 4.39 Å². The maximum Gasteiger partial charge on any atom is 0.224 e. The van der Waals surface area contributed by atoms with Gasteiger partial charge in [0.2, 0.25) is 5.95 Å². The minimum Gasteiger partial charge on any atom is -0.362 e. The molecule has 0 unspecified atom stereocenters. The summed E-state index contributed by atoms with van der Waals surface area (Å²) in [6, 6.07) is 0. The van der Waals surface area contributed by atoms with Gasteiger partial charge in [-0.3, -0.25) is 0 Å². The SMILES string of the molecule is CCCNc1ncc(F)c(NC(C)(C)C2CC2)n1. The van der Waals surface area contributed by atoms with Crippen molar-refractivity contribution in [2.24, 2.45) is 5.92 Å². The van der Waals surface area contributed by atoms with Crippen molar-refractivity contribution in [2.45, 2.75) is 45.6 Å². The zero-order valence-corrected chi connectivity index (χ0v) is 11.3. The molecule has 5 heteroatoms. The van der Waals surface area contributed by atoms with Crippen LogP contribution in [-0.2, 0) is 0 Å². The van der Waals surface area contributed by atoms with E-state index in [4.69, 9.17) is 0 Å². The first-order valence-corrected chi connectivity index (χ1v) is 6.57. The second kappa shape index (κ2) is 5.08. The quantitative estimate of drug-likeness (QED) is 0.817. The topological polar surface area (TPSA) is 49.8 Å². The number of hydrogen-bond donors (Lipinski definition) is 2. The molecule has 2 rings (SSSR count). The smallest absolute Gasteiger partial charge is 0.224 e. The number of hydrogen-bond acceptors (Lipinski definition) is 4. The van der Waals surface area contributed by atoms with Gasteiger partial charge in [-0.2, -0.15) is 4.98 Å². The normalized spacial score (nSPS) is 15.6. The summed E-state index contributed by atoms with van der Waals surface area (Å²) in [5, 5.41) is 6.26. The predicted molar refractivity (Wildman–Crippen MR) is 71.2 cm³/mol. The molecule has 0 amide bonds. The highest BCUT2D eigenvalue weighted by Gasteiger charge is 2.38. The Kier molecular flexibility index (Phi) is 3.68. The Bertz CT molecular complexity index is 415. The molecule has 2 N–H and O–H groups in total. The number of rotatable bonds is 6. The van der Waals surface area contributed by atoms with E-state index in [1.165, 1.54) is 19.0 Å². The molecule has 0 aliphatic heterocycles. The Balaban J connectivity index is 2.10. The third kappa shape index (κ3) is 3.09. The van der Waals surface area contributed by atoms with Crippen LogP contribution in [0.25, 0.3) is 0 Å². The average molecular weight is 252 g/mol. The molecule has 1 aliphatic rings. The molecule has 1 aromatic heterocycles. The largest absolute Gasteiger partial charge is 0.362 e. The van der Waals surface area contributed by atoms with E-state index in [0.717, 1.165) is 13.0 Å². The highest BCUT2D eigenvalue weighted by molar-refractivity contribution is 5.43. The van der Waals surface area contributed by atoms with Crippen LogP contribution in [0.2, 0.25) is 0 Å². The van der Waals surface area contributed by atoms with Crippen molar-refractivity contribution in [1.29, 1.82) is 0 Å². The number of halogens is 1. The zero-order chi connectivity index (χ0) is 13.2. The maximum atomic E-state index is 13.7. The van der Waals surface area contributed by atoms with Crippen LogP contribution < -0.4 is 10.6 Å². The van der Waals surface area contributed by atoms with Crippen LogP contribution in [0, 0.1) is 11.7 Å². The number of aromatic nitrogens is 2. The Morgan fingerprint density at radius 2 is 2.17 bits per heavy atom. The second-order valence-corrected chi connectivity index (χ2v) is 5.44. The summed E-state index contributed by atoms with van der Waals surface area (Å²) < 4.78 is 13.7. The van der Waals surface area contributed by atoms with E-state index in [1.54, 1.807) is 0 Å². The van der Waals surface area contributed by atoms with Crippen molar-refractivity contribution in [2.75, 3.05) is 17.2 Å². The van der Waals surface area contributed by atoms with Gasteiger partial charge < -0.3 is 10.6 Å². The fourth-order valence-corrected chi connectivity index (χ4v) is 1.99. The minimum atomic E-state index is -0.397. The fraction of sp³-hybridized carbons (Fsp3) is 0.692. The number of nitrogens with one attached hydrogen (secondary N) is 2. The molecule has 0 aromatic carbocycles. The van der Waals surface area contributed by atoms with Gasteiger partial charge in [0.25, 0.3) is 0 Å². The van der Waals surface area contributed by atoms with Crippen molar-refractivity contribution in [3.8, 4) is 0 Å². The lowest BCUT2D eigenvalue weighted by molar-refractivity contribution is 0.485. The molecule has 0 saturated heterocycles. The van der Waals surface area contributed by atoms with E-state index in [2.05, 4.69) is 41.4 Å². The molecular weight excluding hydrogens is 231 g/mol. The lowest BCUT2D eigenvalue weighted by Gasteiger charge is -2.27. The highest BCUT2D eigenvalue weighted by atomic mass is 19.1. The van der Waals surface area contributed by atoms with Crippen LogP contribution in [0.15, 0.2) is 6.20 Å². The maximum absolute atomic E-state index is 13.7. The summed E-state index contributed by atoms with van der Waals surface area (Å²) in [5.41, 5.74) is -0.114. The molecule has 0 atom stereocenters. The second-order valence-electron chi connectivity index (χ2n) is 5.44. The molecule has 1 aromatic rings. The van der Waals surface area contributed by atoms with Gasteiger partial charge in [0, 0.05) is 12.1 Å². The number of nitrogens with zero attached hydrogens (tertiary/aromatic N) is 2. The third-order valence-corrected chi connectivity index (χ3v) is 3.32. The van der Waals surface area contributed by atoms with E-state index in [0.29, 0.717) is 17.7 Å². The Morgan fingerprint density at radius 1 is 1.44 bits per heavy atom. The molecule has 0 bridgehead atoms. The summed E-state index contributed by atoms with van der Waals surface area (Å²) >= 11 is 0. The Hall–Kier alpha value is -1.39. The van der Waals surface area contributed by atoms with Gasteiger partial charge in [-0.25, -0.2) is 9.37 Å². The van der Waals surface area contributed by atoms with Gasteiger partial charge in [-0.15, -0.1) is 0 Å². The van der Waals surface area contributed by atoms with Crippen LogP contribution >= 0.6 is 0 Å². The standard InChI is InChI=1S/C13H21FN4/c1-4-7-15-12-16-8-10(14)11(17-12)18-13(2,3)9-5-6-9/h8-9H,4-7H2,1-3H3,(H2,15,16,17,18). The van der Waals surface area contributed by atoms with Gasteiger partial charge in [0.05, 0.1) is 6.20 Å². The van der Waals surface area contributed by atoms with Crippen LogP contribution in [0.4, 0.5) is 16.2 Å². The number of anilines is 2. The molecular formula is C13H21FN4. The van der Waals surface area contributed by atoms with Gasteiger partial charge in [0.15, 0.2) is 11.6 Å². The molecule has 1 heterocycles. The van der Waals surface area contributed by atoms with Crippen molar-refractivity contribution in [3.05, 3.63) is 12.0 Å². The van der Waals surface area contributed by atoms with Gasteiger partial charge >= 0.3 is 0 Å². The van der Waals surface area contributed by atoms with Crippen LogP contribution in [0.3, 0.4) is 0 Å². The van der Waals surface area contributed by atoms with Crippen LogP contribution in [0.1, 0.15) is 40.0 Å². The summed E-state index contributed by atoms with van der Waals surface area (Å²) in [6.45, 7) is 7.03. The first kappa shape index (κ1) is 13.1. The van der Waals surface area contributed by atoms with Gasteiger partial charge in [-0.05, 0) is 39.0 Å². The molecule has 0 radical (unpaired) electrons. The lowest BCUT2D eigenvalue weighted by atomic mass is 9.99. The molecule has 100 valence electrons. The molecule has 18 heavy (non-hydrogen) atoms. The van der Waals surface area contributed by atoms with Crippen molar-refractivity contribution in [3.63, 3.8) is 0 Å². The first-order valence-electron chi connectivity index (χ1n) is 6.57. The molecule has 4 nitrogen and oxygen atoms in total. The van der Waals surface area contributed by atoms with E-state index in [1.807, 2.05) is 0 Å². The van der Waals surface area contributed by atoms with Crippen LogP contribution in [-0.4, -0.2) is 22.1 Å². The van der Waals surface area contributed by atoms with E-state index in [-0.39, 0.29) is 5.54 Å². The zero-order valence-electron chi connectivity index (χ0n) is 11.3. The predicted octanol–water partition coefficient (Wildman–Crippen LogP) is 3.04. The van der Waals surface area contributed by atoms with Crippen molar-refractivity contribution in [1.82, 2.24) is 9.97 Å². The summed E-state index contributed by atoms with van der Waals surface area (Å²) in [5.74, 6) is 0.984. The molecule has 1 saturated carbocycles. The Labute approximate surface area is 107 Å². The van der Waals surface area contributed by atoms with Crippen LogP contribution in [0.5, 0.6) is 0 Å². The van der Waals surface area contributed by atoms with Crippen molar-refractivity contribution < 1.29 is 4.39 Å². The molecule has 0 spiro atoms. The fourth-order valence-electron chi connectivity index (χ4n) is 1.99. The first-order chi connectivity index (χ1) is 8.53. The van der Waals surface area contributed by atoms with Gasteiger partial charge in [0.1, 0.15) is 0 Å². The summed E-state index contributed by atoms with van der Waals surface area (Å²) in [4.78, 5) is 8.13. The average Bonchev–Trinajstić information content (AvgIpc) is 3.14. The molecule has 1 fully saturated rings. The Morgan fingerprint density at radius 3 is 2.78 bits per heavy atom. The summed E-state index contributed by atoms with van der Waals surface area (Å²) in [6.07, 6.45) is 4.61. The van der Waals surface area contributed by atoms with E-state index >= 15 is 0 Å². The molecule has 1 aliphatic carbocycles. The third-order valence-electron chi connectivity index (χ3n) is 3.32. The minimum absolute atomic E-state index is 0.114.